The van der Waals surface area contributed by atoms with E-state index in [0.29, 0.717) is 11.4 Å². The van der Waals surface area contributed by atoms with Crippen LogP contribution in [0.3, 0.4) is 0 Å². The van der Waals surface area contributed by atoms with Gasteiger partial charge in [-0.3, -0.25) is 4.79 Å². The molecule has 1 amide bonds. The molecule has 0 spiro atoms. The van der Waals surface area contributed by atoms with Crippen LogP contribution < -0.4 is 10.6 Å². The molecule has 0 aliphatic carbocycles. The summed E-state index contributed by atoms with van der Waals surface area (Å²) in [4.78, 5) is 25.2. The molecule has 0 aliphatic rings. The van der Waals surface area contributed by atoms with Gasteiger partial charge in [-0.25, -0.2) is 9.69 Å². The topological polar surface area (TPSA) is 72.6 Å². The Labute approximate surface area is 135 Å². The number of carbonyl (C=O) groups is 2. The zero-order valence-corrected chi connectivity index (χ0v) is 13.3. The summed E-state index contributed by atoms with van der Waals surface area (Å²) in [6.07, 6.45) is 0.0802. The van der Waals surface area contributed by atoms with Gasteiger partial charge >= 0.3 is 12.1 Å². The lowest BCUT2D eigenvalue weighted by molar-refractivity contribution is -0.135. The number of hydrogen-bond donors (Lipinski definition) is 1. The zero-order valence-electron chi connectivity index (χ0n) is 13.3. The van der Waals surface area contributed by atoms with Crippen molar-refractivity contribution >= 4 is 23.4 Å². The molecule has 0 radical (unpaired) electrons. The molecular formula is C18H20N2O3. The number of rotatable bonds is 4. The summed E-state index contributed by atoms with van der Waals surface area (Å²) in [6.45, 7) is 3.73. The second-order valence-electron chi connectivity index (χ2n) is 5.08. The van der Waals surface area contributed by atoms with E-state index in [2.05, 4.69) is 6.92 Å². The molecule has 23 heavy (non-hydrogen) atoms. The van der Waals surface area contributed by atoms with Gasteiger partial charge in [0.25, 0.3) is 0 Å². The summed E-state index contributed by atoms with van der Waals surface area (Å²) in [7, 11) is 0. The third kappa shape index (κ3) is 3.96. The molecule has 0 atom stereocenters. The molecule has 0 fully saturated rings. The molecule has 0 aromatic heterocycles. The first-order valence-electron chi connectivity index (χ1n) is 7.46. The Morgan fingerprint density at radius 3 is 2.39 bits per heavy atom. The van der Waals surface area contributed by atoms with Crippen molar-refractivity contribution in [3.63, 3.8) is 0 Å². The van der Waals surface area contributed by atoms with Gasteiger partial charge in [0.05, 0.1) is 17.9 Å². The fraction of sp³-hybridized carbons (Fsp3) is 0.222. The maximum atomic E-state index is 12.4. The minimum Gasteiger partial charge on any atom is -0.375 e. The molecule has 0 saturated carbocycles. The van der Waals surface area contributed by atoms with Crippen molar-refractivity contribution in [3.8, 4) is 0 Å². The van der Waals surface area contributed by atoms with Crippen molar-refractivity contribution in [1.82, 2.24) is 0 Å². The Morgan fingerprint density at radius 1 is 1.09 bits per heavy atom. The first-order chi connectivity index (χ1) is 11.1. The summed E-state index contributed by atoms with van der Waals surface area (Å²) in [5, 5.41) is 0. The van der Waals surface area contributed by atoms with Crippen LogP contribution in [0.4, 0.5) is 16.2 Å². The number of aryl methyl sites for hydroxylation is 2. The van der Waals surface area contributed by atoms with E-state index in [4.69, 9.17) is 10.5 Å². The fourth-order valence-corrected chi connectivity index (χ4v) is 2.30. The summed E-state index contributed by atoms with van der Waals surface area (Å²) in [5.41, 5.74) is 8.76. The standard InChI is InChI=1S/C18H20N2O3/c1-3-14-11-16(10-9-13(14)2)20(15-7-5-4-6-8-15)18(22)23-17(21)12-19/h4-11H,3,12,19H2,1-2H3. The van der Waals surface area contributed by atoms with Gasteiger partial charge < -0.3 is 10.5 Å². The number of anilines is 2. The van der Waals surface area contributed by atoms with Crippen molar-refractivity contribution in [3.05, 3.63) is 59.7 Å². The zero-order chi connectivity index (χ0) is 16.8. The Morgan fingerprint density at radius 2 is 1.78 bits per heavy atom. The summed E-state index contributed by atoms with van der Waals surface area (Å²) >= 11 is 0. The third-order valence-electron chi connectivity index (χ3n) is 3.54. The van der Waals surface area contributed by atoms with Crippen LogP contribution in [-0.4, -0.2) is 18.6 Å². The molecule has 5 nitrogen and oxygen atoms in total. The van der Waals surface area contributed by atoms with E-state index in [1.54, 1.807) is 12.1 Å². The Balaban J connectivity index is 2.45. The van der Waals surface area contributed by atoms with Gasteiger partial charge in [-0.2, -0.15) is 0 Å². The van der Waals surface area contributed by atoms with Crippen LogP contribution in [0.1, 0.15) is 18.1 Å². The van der Waals surface area contributed by atoms with E-state index in [1.165, 1.54) is 4.90 Å². The van der Waals surface area contributed by atoms with Gasteiger partial charge in [-0.15, -0.1) is 0 Å². The molecular weight excluding hydrogens is 292 g/mol. The Hall–Kier alpha value is -2.66. The van der Waals surface area contributed by atoms with E-state index in [1.807, 2.05) is 43.3 Å². The van der Waals surface area contributed by atoms with Gasteiger partial charge in [0.1, 0.15) is 0 Å². The molecule has 5 heteroatoms. The van der Waals surface area contributed by atoms with E-state index in [0.717, 1.165) is 17.5 Å². The largest absolute Gasteiger partial charge is 0.426 e. The van der Waals surface area contributed by atoms with E-state index >= 15 is 0 Å². The number of nitrogens with two attached hydrogens (primary N) is 1. The van der Waals surface area contributed by atoms with Crippen molar-refractivity contribution in [2.45, 2.75) is 20.3 Å². The van der Waals surface area contributed by atoms with Crippen molar-refractivity contribution in [1.29, 1.82) is 0 Å². The van der Waals surface area contributed by atoms with Crippen LogP contribution in [0.15, 0.2) is 48.5 Å². The Kier molecular flexibility index (Phi) is 5.49. The highest BCUT2D eigenvalue weighted by molar-refractivity contribution is 6.01. The van der Waals surface area contributed by atoms with Gasteiger partial charge in [0.2, 0.25) is 0 Å². The lowest BCUT2D eigenvalue weighted by Gasteiger charge is -2.22. The number of para-hydroxylation sites is 1. The second kappa shape index (κ2) is 7.56. The first-order valence-corrected chi connectivity index (χ1v) is 7.46. The number of nitrogens with zero attached hydrogens (tertiary/aromatic N) is 1. The van der Waals surface area contributed by atoms with Gasteiger partial charge in [0, 0.05) is 0 Å². The second-order valence-corrected chi connectivity index (χ2v) is 5.08. The highest BCUT2D eigenvalue weighted by Gasteiger charge is 2.22. The van der Waals surface area contributed by atoms with E-state index < -0.39 is 12.1 Å². The van der Waals surface area contributed by atoms with Crippen molar-refractivity contribution in [2.24, 2.45) is 5.73 Å². The Bertz CT molecular complexity index is 699. The predicted molar refractivity (Wildman–Crippen MR) is 89.7 cm³/mol. The van der Waals surface area contributed by atoms with E-state index in [-0.39, 0.29) is 6.54 Å². The number of ether oxygens (including phenoxy) is 1. The van der Waals surface area contributed by atoms with E-state index in [9.17, 15) is 9.59 Å². The molecule has 2 rings (SSSR count). The average Bonchev–Trinajstić information content (AvgIpc) is 2.57. The quantitative estimate of drug-likeness (QED) is 0.694. The van der Waals surface area contributed by atoms with Crippen LogP contribution >= 0.6 is 0 Å². The molecule has 0 saturated heterocycles. The SMILES string of the molecule is CCc1cc(N(C(=O)OC(=O)CN)c2ccccc2)ccc1C. The molecule has 0 bridgehead atoms. The van der Waals surface area contributed by atoms with Gasteiger partial charge in [0.15, 0.2) is 0 Å². The van der Waals surface area contributed by atoms with Gasteiger partial charge in [-0.05, 0) is 48.7 Å². The van der Waals surface area contributed by atoms with Crippen LogP contribution in [0.2, 0.25) is 0 Å². The number of amides is 1. The summed E-state index contributed by atoms with van der Waals surface area (Å²) < 4.78 is 4.80. The lowest BCUT2D eigenvalue weighted by atomic mass is 10.1. The molecule has 2 N–H and O–H groups in total. The lowest BCUT2D eigenvalue weighted by Crippen LogP contribution is -2.31. The van der Waals surface area contributed by atoms with Crippen molar-refractivity contribution < 1.29 is 14.3 Å². The molecule has 2 aromatic rings. The monoisotopic (exact) mass is 312 g/mol. The third-order valence-corrected chi connectivity index (χ3v) is 3.54. The summed E-state index contributed by atoms with van der Waals surface area (Å²) in [5.74, 6) is -0.765. The molecule has 120 valence electrons. The van der Waals surface area contributed by atoms with Crippen molar-refractivity contribution in [2.75, 3.05) is 11.4 Å². The van der Waals surface area contributed by atoms with Crippen LogP contribution in [0.5, 0.6) is 0 Å². The average molecular weight is 312 g/mol. The molecule has 2 aromatic carbocycles. The molecule has 0 heterocycles. The normalized spacial score (nSPS) is 10.2. The predicted octanol–water partition coefficient (Wildman–Crippen LogP) is 3.32. The number of hydrogen-bond acceptors (Lipinski definition) is 4. The first kappa shape index (κ1) is 16.7. The smallest absolute Gasteiger partial charge is 0.375 e. The number of benzene rings is 2. The van der Waals surface area contributed by atoms with Crippen LogP contribution in [0.25, 0.3) is 0 Å². The maximum Gasteiger partial charge on any atom is 0.426 e. The number of esters is 1. The maximum absolute atomic E-state index is 12.4. The minimum atomic E-state index is -0.766. The molecule has 0 unspecified atom stereocenters. The van der Waals surface area contributed by atoms with Gasteiger partial charge in [-0.1, -0.05) is 31.2 Å². The highest BCUT2D eigenvalue weighted by atomic mass is 16.6. The minimum absolute atomic E-state index is 0.345. The molecule has 0 aliphatic heterocycles. The highest BCUT2D eigenvalue weighted by Crippen LogP contribution is 2.28. The van der Waals surface area contributed by atoms with Crippen LogP contribution in [0, 0.1) is 6.92 Å². The van der Waals surface area contributed by atoms with Crippen LogP contribution in [-0.2, 0) is 16.0 Å². The number of carbonyl (C=O) groups excluding carboxylic acids is 2. The summed E-state index contributed by atoms with van der Waals surface area (Å²) in [6, 6.07) is 14.7. The fourth-order valence-electron chi connectivity index (χ4n) is 2.30.